The van der Waals surface area contributed by atoms with E-state index in [1.807, 2.05) is 56.3 Å². The molecule has 3 rings (SSSR count). The highest BCUT2D eigenvalue weighted by Crippen LogP contribution is 2.36. The molecule has 1 unspecified atom stereocenters. The van der Waals surface area contributed by atoms with E-state index in [4.69, 9.17) is 4.74 Å². The Bertz CT molecular complexity index is 737. The van der Waals surface area contributed by atoms with Gasteiger partial charge < -0.3 is 10.1 Å². The van der Waals surface area contributed by atoms with Gasteiger partial charge in [-0.05, 0) is 36.6 Å². The molecule has 0 aromatic heterocycles. The molecule has 1 aliphatic heterocycles. The number of amides is 1. The van der Waals surface area contributed by atoms with Crippen LogP contribution in [-0.4, -0.2) is 11.9 Å². The number of anilines is 1. The standard InChI is InChI=1S/C18H17NO3/c1-11-8-12(2)16-14(9-11)19-18(21)17(16)22-15(20)10-13-6-4-3-5-7-13/h3-9,17H,10H2,1-2H3,(H,19,21). The van der Waals surface area contributed by atoms with Gasteiger partial charge in [0.15, 0.2) is 0 Å². The van der Waals surface area contributed by atoms with E-state index in [1.54, 1.807) is 0 Å². The van der Waals surface area contributed by atoms with Crippen molar-refractivity contribution in [3.8, 4) is 0 Å². The summed E-state index contributed by atoms with van der Waals surface area (Å²) in [5.41, 5.74) is 4.38. The van der Waals surface area contributed by atoms with Gasteiger partial charge >= 0.3 is 5.97 Å². The van der Waals surface area contributed by atoms with Gasteiger partial charge in [-0.25, -0.2) is 0 Å². The third kappa shape index (κ3) is 2.72. The van der Waals surface area contributed by atoms with Crippen molar-refractivity contribution < 1.29 is 14.3 Å². The maximum atomic E-state index is 12.1. The van der Waals surface area contributed by atoms with Crippen LogP contribution in [0.4, 0.5) is 5.69 Å². The fourth-order valence-corrected chi connectivity index (χ4v) is 2.81. The molecule has 1 atom stereocenters. The lowest BCUT2D eigenvalue weighted by atomic mass is 10.0. The molecule has 0 saturated carbocycles. The third-order valence-electron chi connectivity index (χ3n) is 3.73. The number of carbonyl (C=O) groups excluding carboxylic acids is 2. The molecular formula is C18H17NO3. The van der Waals surface area contributed by atoms with E-state index in [0.717, 1.165) is 27.9 Å². The van der Waals surface area contributed by atoms with E-state index in [0.29, 0.717) is 0 Å². The number of carbonyl (C=O) groups is 2. The van der Waals surface area contributed by atoms with Gasteiger partial charge in [-0.3, -0.25) is 9.59 Å². The molecule has 1 aliphatic rings. The number of aryl methyl sites for hydroxylation is 2. The zero-order valence-corrected chi connectivity index (χ0v) is 12.6. The summed E-state index contributed by atoms with van der Waals surface area (Å²) in [6, 6.07) is 13.2. The molecule has 2 aromatic rings. The van der Waals surface area contributed by atoms with Crippen LogP contribution in [0.5, 0.6) is 0 Å². The second-order valence-electron chi connectivity index (χ2n) is 5.56. The van der Waals surface area contributed by atoms with Crippen LogP contribution >= 0.6 is 0 Å². The summed E-state index contributed by atoms with van der Waals surface area (Å²) in [6.45, 7) is 3.89. The number of esters is 1. The lowest BCUT2D eigenvalue weighted by Crippen LogP contribution is -2.20. The second-order valence-corrected chi connectivity index (χ2v) is 5.56. The minimum atomic E-state index is -0.855. The number of hydrogen-bond donors (Lipinski definition) is 1. The molecule has 112 valence electrons. The molecule has 0 radical (unpaired) electrons. The molecule has 0 fully saturated rings. The van der Waals surface area contributed by atoms with Crippen LogP contribution in [0, 0.1) is 13.8 Å². The van der Waals surface area contributed by atoms with Gasteiger partial charge in [0.05, 0.1) is 6.42 Å². The van der Waals surface area contributed by atoms with Gasteiger partial charge in [0.2, 0.25) is 6.10 Å². The smallest absolute Gasteiger partial charge is 0.311 e. The zero-order valence-electron chi connectivity index (χ0n) is 12.6. The number of nitrogens with one attached hydrogen (secondary N) is 1. The highest BCUT2D eigenvalue weighted by Gasteiger charge is 2.35. The van der Waals surface area contributed by atoms with Crippen molar-refractivity contribution in [3.05, 3.63) is 64.7 Å². The first kappa shape index (κ1) is 14.3. The summed E-state index contributed by atoms with van der Waals surface area (Å²) in [4.78, 5) is 24.2. The third-order valence-corrected chi connectivity index (χ3v) is 3.73. The second kappa shape index (κ2) is 5.64. The van der Waals surface area contributed by atoms with Gasteiger partial charge in [0.1, 0.15) is 0 Å². The average molecular weight is 295 g/mol. The lowest BCUT2D eigenvalue weighted by molar-refractivity contribution is -0.153. The van der Waals surface area contributed by atoms with Gasteiger partial charge in [0, 0.05) is 11.3 Å². The van der Waals surface area contributed by atoms with Crippen LogP contribution in [0.1, 0.15) is 28.4 Å². The topological polar surface area (TPSA) is 55.4 Å². The summed E-state index contributed by atoms with van der Waals surface area (Å²) >= 11 is 0. The maximum absolute atomic E-state index is 12.1. The first-order valence-electron chi connectivity index (χ1n) is 7.20. The van der Waals surface area contributed by atoms with E-state index in [1.165, 1.54) is 0 Å². The summed E-state index contributed by atoms with van der Waals surface area (Å²) in [5, 5.41) is 2.78. The van der Waals surface area contributed by atoms with E-state index < -0.39 is 12.1 Å². The molecule has 0 saturated heterocycles. The molecule has 2 aromatic carbocycles. The molecule has 22 heavy (non-hydrogen) atoms. The van der Waals surface area contributed by atoms with E-state index in [-0.39, 0.29) is 12.3 Å². The maximum Gasteiger partial charge on any atom is 0.311 e. The Morgan fingerprint density at radius 2 is 1.91 bits per heavy atom. The van der Waals surface area contributed by atoms with Gasteiger partial charge in [-0.1, -0.05) is 36.4 Å². The highest BCUT2D eigenvalue weighted by atomic mass is 16.5. The van der Waals surface area contributed by atoms with Crippen LogP contribution in [-0.2, 0) is 20.7 Å². The number of ether oxygens (including phenoxy) is 1. The predicted molar refractivity (Wildman–Crippen MR) is 83.5 cm³/mol. The Balaban J connectivity index is 1.79. The molecule has 4 nitrogen and oxygen atoms in total. The van der Waals surface area contributed by atoms with E-state index in [2.05, 4.69) is 5.32 Å². The summed E-state index contributed by atoms with van der Waals surface area (Å²) in [5.74, 6) is -0.690. The van der Waals surface area contributed by atoms with Gasteiger partial charge in [-0.2, -0.15) is 0 Å². The molecule has 0 aliphatic carbocycles. The molecule has 1 heterocycles. The molecule has 0 spiro atoms. The number of benzene rings is 2. The van der Waals surface area contributed by atoms with Crippen molar-refractivity contribution in [2.24, 2.45) is 0 Å². The van der Waals surface area contributed by atoms with Gasteiger partial charge in [-0.15, -0.1) is 0 Å². The van der Waals surface area contributed by atoms with Crippen LogP contribution in [0.25, 0.3) is 0 Å². The van der Waals surface area contributed by atoms with Crippen LogP contribution in [0.15, 0.2) is 42.5 Å². The minimum absolute atomic E-state index is 0.158. The largest absolute Gasteiger partial charge is 0.447 e. The monoisotopic (exact) mass is 295 g/mol. The van der Waals surface area contributed by atoms with Crippen LogP contribution in [0.3, 0.4) is 0 Å². The zero-order chi connectivity index (χ0) is 15.7. The first-order valence-corrected chi connectivity index (χ1v) is 7.20. The Morgan fingerprint density at radius 3 is 2.64 bits per heavy atom. The fraction of sp³-hybridized carbons (Fsp3) is 0.222. The van der Waals surface area contributed by atoms with E-state index >= 15 is 0 Å². The Kier molecular flexibility index (Phi) is 3.67. The molecule has 4 heteroatoms. The first-order chi connectivity index (χ1) is 10.5. The summed E-state index contributed by atoms with van der Waals surface area (Å²) in [7, 11) is 0. The molecule has 1 N–H and O–H groups in total. The van der Waals surface area contributed by atoms with Gasteiger partial charge in [0.25, 0.3) is 5.91 Å². The summed E-state index contributed by atoms with van der Waals surface area (Å²) in [6.07, 6.45) is -0.697. The molecule has 0 bridgehead atoms. The van der Waals surface area contributed by atoms with Crippen LogP contribution < -0.4 is 5.32 Å². The minimum Gasteiger partial charge on any atom is -0.447 e. The van der Waals surface area contributed by atoms with Crippen molar-refractivity contribution in [3.63, 3.8) is 0 Å². The Hall–Kier alpha value is -2.62. The molecule has 1 amide bonds. The number of hydrogen-bond acceptors (Lipinski definition) is 3. The van der Waals surface area contributed by atoms with Crippen molar-refractivity contribution in [2.45, 2.75) is 26.4 Å². The SMILES string of the molecule is Cc1cc(C)c2c(c1)NC(=O)C2OC(=O)Cc1ccccc1. The van der Waals surface area contributed by atoms with E-state index in [9.17, 15) is 9.59 Å². The van der Waals surface area contributed by atoms with Crippen molar-refractivity contribution in [2.75, 3.05) is 5.32 Å². The molecular weight excluding hydrogens is 278 g/mol. The number of rotatable bonds is 3. The quantitative estimate of drug-likeness (QED) is 0.885. The van der Waals surface area contributed by atoms with Crippen molar-refractivity contribution in [1.82, 2.24) is 0 Å². The van der Waals surface area contributed by atoms with Crippen LogP contribution in [0.2, 0.25) is 0 Å². The number of fused-ring (bicyclic) bond motifs is 1. The Morgan fingerprint density at radius 1 is 1.18 bits per heavy atom. The lowest BCUT2D eigenvalue weighted by Gasteiger charge is -2.13. The highest BCUT2D eigenvalue weighted by molar-refractivity contribution is 6.03. The van der Waals surface area contributed by atoms with Crippen molar-refractivity contribution in [1.29, 1.82) is 0 Å². The predicted octanol–water partition coefficient (Wildman–Crippen LogP) is 3.08. The van der Waals surface area contributed by atoms with Crippen molar-refractivity contribution >= 4 is 17.6 Å². The summed E-state index contributed by atoms with van der Waals surface area (Å²) < 4.78 is 5.42. The Labute approximate surface area is 129 Å². The fourth-order valence-electron chi connectivity index (χ4n) is 2.81. The normalized spacial score (nSPS) is 16.1. The average Bonchev–Trinajstić information content (AvgIpc) is 2.75.